The largest absolute Gasteiger partial charge is 0.480 e. The van der Waals surface area contributed by atoms with Gasteiger partial charge in [0.1, 0.15) is 12.2 Å². The lowest BCUT2D eigenvalue weighted by Gasteiger charge is -2.42. The standard InChI is InChI=1S/C13H18N2O3/c1-2-13(6-4-7-13)14-12(18)10-5-3-8-15(10)9-11(16)17/h3,5,8H,2,4,6-7,9H2,1H3,(H,14,18)(H,16,17). The summed E-state index contributed by atoms with van der Waals surface area (Å²) in [5.41, 5.74) is 0.340. The fraction of sp³-hybridized carbons (Fsp3) is 0.538. The van der Waals surface area contributed by atoms with Crippen LogP contribution in [0.5, 0.6) is 0 Å². The Morgan fingerprint density at radius 2 is 2.22 bits per heavy atom. The molecule has 0 atom stereocenters. The highest BCUT2D eigenvalue weighted by atomic mass is 16.4. The molecule has 0 bridgehead atoms. The summed E-state index contributed by atoms with van der Waals surface area (Å²) in [6, 6.07) is 3.34. The first-order valence-corrected chi connectivity index (χ1v) is 6.26. The van der Waals surface area contributed by atoms with E-state index in [2.05, 4.69) is 12.2 Å². The van der Waals surface area contributed by atoms with Crippen molar-refractivity contribution in [3.8, 4) is 0 Å². The summed E-state index contributed by atoms with van der Waals surface area (Å²) < 4.78 is 1.46. The lowest BCUT2D eigenvalue weighted by Crippen LogP contribution is -2.53. The van der Waals surface area contributed by atoms with Gasteiger partial charge >= 0.3 is 5.97 Å². The maximum absolute atomic E-state index is 12.2. The summed E-state index contributed by atoms with van der Waals surface area (Å²) in [7, 11) is 0. The normalized spacial score (nSPS) is 16.9. The van der Waals surface area contributed by atoms with Crippen LogP contribution in [0.3, 0.4) is 0 Å². The monoisotopic (exact) mass is 250 g/mol. The van der Waals surface area contributed by atoms with E-state index in [-0.39, 0.29) is 18.0 Å². The third-order valence-electron chi connectivity index (χ3n) is 3.73. The number of aromatic nitrogens is 1. The SMILES string of the molecule is CCC1(NC(=O)c2cccn2CC(=O)O)CCC1. The number of rotatable bonds is 5. The molecule has 0 aromatic carbocycles. The zero-order valence-electron chi connectivity index (χ0n) is 10.5. The Morgan fingerprint density at radius 3 is 2.72 bits per heavy atom. The second-order valence-corrected chi connectivity index (χ2v) is 4.86. The Kier molecular flexibility index (Phi) is 3.41. The molecule has 5 heteroatoms. The quantitative estimate of drug-likeness (QED) is 0.834. The van der Waals surface area contributed by atoms with E-state index in [0.29, 0.717) is 5.69 Å². The summed E-state index contributed by atoms with van der Waals surface area (Å²) in [6.45, 7) is 1.88. The van der Waals surface area contributed by atoms with Crippen LogP contribution in [-0.2, 0) is 11.3 Å². The molecule has 1 aromatic rings. The molecule has 0 aliphatic heterocycles. The van der Waals surface area contributed by atoms with E-state index in [1.807, 2.05) is 0 Å². The minimum Gasteiger partial charge on any atom is -0.480 e. The van der Waals surface area contributed by atoms with Crippen LogP contribution >= 0.6 is 0 Å². The van der Waals surface area contributed by atoms with Crippen molar-refractivity contribution in [1.82, 2.24) is 9.88 Å². The molecule has 0 saturated heterocycles. The van der Waals surface area contributed by atoms with Gasteiger partial charge in [-0.1, -0.05) is 6.92 Å². The molecule has 1 fully saturated rings. The fourth-order valence-electron chi connectivity index (χ4n) is 2.38. The van der Waals surface area contributed by atoms with Crippen molar-refractivity contribution >= 4 is 11.9 Å². The van der Waals surface area contributed by atoms with E-state index in [9.17, 15) is 9.59 Å². The van der Waals surface area contributed by atoms with Gasteiger partial charge in [0.05, 0.1) is 0 Å². The van der Waals surface area contributed by atoms with Crippen LogP contribution in [0.2, 0.25) is 0 Å². The van der Waals surface area contributed by atoms with Gasteiger partial charge in [0.25, 0.3) is 5.91 Å². The van der Waals surface area contributed by atoms with Gasteiger partial charge in [-0.3, -0.25) is 9.59 Å². The molecule has 98 valence electrons. The molecule has 1 aliphatic carbocycles. The highest BCUT2D eigenvalue weighted by molar-refractivity contribution is 5.93. The van der Waals surface area contributed by atoms with Gasteiger partial charge in [-0.25, -0.2) is 0 Å². The van der Waals surface area contributed by atoms with E-state index in [0.717, 1.165) is 25.7 Å². The Morgan fingerprint density at radius 1 is 1.50 bits per heavy atom. The predicted molar refractivity (Wildman–Crippen MR) is 66.4 cm³/mol. The van der Waals surface area contributed by atoms with Crippen LogP contribution in [0.25, 0.3) is 0 Å². The molecule has 1 saturated carbocycles. The van der Waals surface area contributed by atoms with Gasteiger partial charge in [0, 0.05) is 11.7 Å². The molecule has 0 unspecified atom stereocenters. The number of nitrogens with one attached hydrogen (secondary N) is 1. The van der Waals surface area contributed by atoms with Gasteiger partial charge < -0.3 is 15.0 Å². The van der Waals surface area contributed by atoms with E-state index in [1.54, 1.807) is 18.3 Å². The van der Waals surface area contributed by atoms with Crippen molar-refractivity contribution in [2.75, 3.05) is 0 Å². The van der Waals surface area contributed by atoms with Crippen molar-refractivity contribution in [3.05, 3.63) is 24.0 Å². The number of nitrogens with zero attached hydrogens (tertiary/aromatic N) is 1. The number of amides is 1. The minimum absolute atomic E-state index is 0.0740. The number of carbonyl (C=O) groups is 2. The average Bonchev–Trinajstić information content (AvgIpc) is 2.70. The minimum atomic E-state index is -0.950. The highest BCUT2D eigenvalue weighted by Crippen LogP contribution is 2.34. The van der Waals surface area contributed by atoms with E-state index in [4.69, 9.17) is 5.11 Å². The summed E-state index contributed by atoms with van der Waals surface area (Å²) in [5, 5.41) is 11.8. The first kappa shape index (κ1) is 12.7. The van der Waals surface area contributed by atoms with Gasteiger partial charge in [-0.2, -0.15) is 0 Å². The van der Waals surface area contributed by atoms with Gasteiger partial charge in [0.2, 0.25) is 0 Å². The molecule has 0 spiro atoms. The Balaban J connectivity index is 2.09. The number of carbonyl (C=O) groups excluding carboxylic acids is 1. The summed E-state index contributed by atoms with van der Waals surface area (Å²) in [6.07, 6.45) is 5.69. The lowest BCUT2D eigenvalue weighted by molar-refractivity contribution is -0.137. The maximum atomic E-state index is 12.2. The van der Waals surface area contributed by atoms with Crippen LogP contribution in [0, 0.1) is 0 Å². The van der Waals surface area contributed by atoms with Crippen molar-refractivity contribution in [2.45, 2.75) is 44.7 Å². The maximum Gasteiger partial charge on any atom is 0.323 e. The molecule has 5 nitrogen and oxygen atoms in total. The zero-order valence-corrected chi connectivity index (χ0v) is 10.5. The average molecular weight is 250 g/mol. The smallest absolute Gasteiger partial charge is 0.323 e. The molecule has 1 aliphatic rings. The summed E-state index contributed by atoms with van der Waals surface area (Å²) in [5.74, 6) is -1.13. The first-order chi connectivity index (χ1) is 8.56. The van der Waals surface area contributed by atoms with Crippen LogP contribution in [0.4, 0.5) is 0 Å². The summed E-state index contributed by atoms with van der Waals surface area (Å²) >= 11 is 0. The first-order valence-electron chi connectivity index (χ1n) is 6.26. The number of hydrogen-bond donors (Lipinski definition) is 2. The molecular weight excluding hydrogens is 232 g/mol. The Bertz CT molecular complexity index is 455. The lowest BCUT2D eigenvalue weighted by atomic mass is 9.75. The molecule has 0 radical (unpaired) electrons. The third kappa shape index (κ3) is 2.39. The highest BCUT2D eigenvalue weighted by Gasteiger charge is 2.36. The number of carboxylic acid groups (broad SMARTS) is 1. The number of hydrogen-bond acceptors (Lipinski definition) is 2. The molecule has 1 heterocycles. The Labute approximate surface area is 106 Å². The van der Waals surface area contributed by atoms with Gasteiger partial charge in [-0.15, -0.1) is 0 Å². The van der Waals surface area contributed by atoms with Crippen LogP contribution in [0.1, 0.15) is 43.1 Å². The number of carboxylic acids is 1. The fourth-order valence-corrected chi connectivity index (χ4v) is 2.38. The van der Waals surface area contributed by atoms with E-state index >= 15 is 0 Å². The molecule has 18 heavy (non-hydrogen) atoms. The van der Waals surface area contributed by atoms with Crippen molar-refractivity contribution in [1.29, 1.82) is 0 Å². The van der Waals surface area contributed by atoms with Crippen molar-refractivity contribution < 1.29 is 14.7 Å². The van der Waals surface area contributed by atoms with Crippen LogP contribution < -0.4 is 5.32 Å². The van der Waals surface area contributed by atoms with Crippen LogP contribution in [-0.4, -0.2) is 27.1 Å². The third-order valence-corrected chi connectivity index (χ3v) is 3.73. The second-order valence-electron chi connectivity index (χ2n) is 4.86. The molecule has 2 N–H and O–H groups in total. The second kappa shape index (κ2) is 4.84. The van der Waals surface area contributed by atoms with Crippen molar-refractivity contribution in [2.24, 2.45) is 0 Å². The topological polar surface area (TPSA) is 71.3 Å². The zero-order chi connectivity index (χ0) is 13.2. The Hall–Kier alpha value is -1.78. The van der Waals surface area contributed by atoms with Gasteiger partial charge in [0.15, 0.2) is 0 Å². The number of aliphatic carboxylic acids is 1. The van der Waals surface area contributed by atoms with Crippen LogP contribution in [0.15, 0.2) is 18.3 Å². The summed E-state index contributed by atoms with van der Waals surface area (Å²) in [4.78, 5) is 22.8. The van der Waals surface area contributed by atoms with Gasteiger partial charge in [-0.05, 0) is 37.8 Å². The van der Waals surface area contributed by atoms with E-state index in [1.165, 1.54) is 4.57 Å². The van der Waals surface area contributed by atoms with Crippen molar-refractivity contribution in [3.63, 3.8) is 0 Å². The molecule has 1 aromatic heterocycles. The molecule has 2 rings (SSSR count). The van der Waals surface area contributed by atoms with E-state index < -0.39 is 5.97 Å². The molecule has 1 amide bonds. The molecular formula is C13H18N2O3. The predicted octanol–water partition coefficient (Wildman–Crippen LogP) is 1.64.